The van der Waals surface area contributed by atoms with Gasteiger partial charge in [-0.1, -0.05) is 30.3 Å². The molecule has 0 aromatic heterocycles. The standard InChI is InChI=1S/C16H19NO/c1-13(2)18-16-10-8-14(9-11-16)12-17-15-6-4-3-5-7-15/h3-11,13,17H,12H2,1-2H3. The Morgan fingerprint density at radius 1 is 0.944 bits per heavy atom. The van der Waals surface area contributed by atoms with Gasteiger partial charge in [-0.15, -0.1) is 0 Å². The lowest BCUT2D eigenvalue weighted by Gasteiger charge is -2.10. The number of hydrogen-bond donors (Lipinski definition) is 1. The molecule has 94 valence electrons. The van der Waals surface area contributed by atoms with E-state index in [1.165, 1.54) is 5.56 Å². The fourth-order valence-corrected chi connectivity index (χ4v) is 1.72. The molecule has 0 unspecified atom stereocenters. The molecule has 0 radical (unpaired) electrons. The van der Waals surface area contributed by atoms with Gasteiger partial charge in [-0.05, 0) is 43.7 Å². The van der Waals surface area contributed by atoms with Crippen LogP contribution in [-0.4, -0.2) is 6.10 Å². The third-order valence-corrected chi connectivity index (χ3v) is 2.57. The molecule has 2 heteroatoms. The van der Waals surface area contributed by atoms with Crippen molar-refractivity contribution in [2.45, 2.75) is 26.5 Å². The van der Waals surface area contributed by atoms with Crippen LogP contribution < -0.4 is 10.1 Å². The van der Waals surface area contributed by atoms with Crippen LogP contribution in [0, 0.1) is 0 Å². The molecular formula is C16H19NO. The largest absolute Gasteiger partial charge is 0.491 e. The van der Waals surface area contributed by atoms with Crippen molar-refractivity contribution < 1.29 is 4.74 Å². The molecule has 2 rings (SSSR count). The summed E-state index contributed by atoms with van der Waals surface area (Å²) in [4.78, 5) is 0. The molecule has 0 aliphatic rings. The van der Waals surface area contributed by atoms with Gasteiger partial charge < -0.3 is 10.1 Å². The van der Waals surface area contributed by atoms with E-state index in [9.17, 15) is 0 Å². The highest BCUT2D eigenvalue weighted by atomic mass is 16.5. The summed E-state index contributed by atoms with van der Waals surface area (Å²) in [6, 6.07) is 18.4. The molecule has 2 nitrogen and oxygen atoms in total. The zero-order valence-electron chi connectivity index (χ0n) is 10.9. The fraction of sp³-hybridized carbons (Fsp3) is 0.250. The second-order valence-electron chi connectivity index (χ2n) is 4.53. The first-order valence-corrected chi connectivity index (χ1v) is 6.28. The Kier molecular flexibility index (Phi) is 4.24. The molecular weight excluding hydrogens is 222 g/mol. The van der Waals surface area contributed by atoms with Crippen LogP contribution in [0.5, 0.6) is 5.75 Å². The van der Waals surface area contributed by atoms with Crippen LogP contribution in [0.2, 0.25) is 0 Å². The Bertz CT molecular complexity index is 462. The van der Waals surface area contributed by atoms with Crippen LogP contribution in [0.25, 0.3) is 0 Å². The van der Waals surface area contributed by atoms with E-state index in [1.54, 1.807) is 0 Å². The Balaban J connectivity index is 1.90. The lowest BCUT2D eigenvalue weighted by atomic mass is 10.2. The van der Waals surface area contributed by atoms with Crippen LogP contribution in [0.15, 0.2) is 54.6 Å². The third-order valence-electron chi connectivity index (χ3n) is 2.57. The molecule has 0 saturated heterocycles. The monoisotopic (exact) mass is 241 g/mol. The topological polar surface area (TPSA) is 21.3 Å². The summed E-state index contributed by atoms with van der Waals surface area (Å²) in [7, 11) is 0. The number of benzene rings is 2. The maximum Gasteiger partial charge on any atom is 0.119 e. The minimum atomic E-state index is 0.221. The van der Waals surface area contributed by atoms with E-state index in [4.69, 9.17) is 4.74 Å². The van der Waals surface area contributed by atoms with Gasteiger partial charge in [0, 0.05) is 12.2 Å². The highest BCUT2D eigenvalue weighted by molar-refractivity contribution is 5.43. The van der Waals surface area contributed by atoms with Crippen molar-refractivity contribution in [2.75, 3.05) is 5.32 Å². The summed E-state index contributed by atoms with van der Waals surface area (Å²) < 4.78 is 5.61. The van der Waals surface area contributed by atoms with Gasteiger partial charge in [-0.3, -0.25) is 0 Å². The number of ether oxygens (including phenoxy) is 1. The second-order valence-corrected chi connectivity index (χ2v) is 4.53. The van der Waals surface area contributed by atoms with E-state index in [-0.39, 0.29) is 6.10 Å². The zero-order chi connectivity index (χ0) is 12.8. The van der Waals surface area contributed by atoms with E-state index in [2.05, 4.69) is 29.6 Å². The number of hydrogen-bond acceptors (Lipinski definition) is 2. The van der Waals surface area contributed by atoms with Crippen LogP contribution in [0.3, 0.4) is 0 Å². The van der Waals surface area contributed by atoms with Crippen molar-refractivity contribution in [3.8, 4) is 5.75 Å². The lowest BCUT2D eigenvalue weighted by Crippen LogP contribution is -2.05. The average molecular weight is 241 g/mol. The molecule has 0 spiro atoms. The summed E-state index contributed by atoms with van der Waals surface area (Å²) in [5.74, 6) is 0.925. The fourth-order valence-electron chi connectivity index (χ4n) is 1.72. The van der Waals surface area contributed by atoms with Crippen LogP contribution in [-0.2, 0) is 6.54 Å². The summed E-state index contributed by atoms with van der Waals surface area (Å²) in [6.45, 7) is 4.89. The molecule has 1 N–H and O–H groups in total. The van der Waals surface area contributed by atoms with Gasteiger partial charge in [0.15, 0.2) is 0 Å². The molecule has 0 aliphatic heterocycles. The zero-order valence-corrected chi connectivity index (χ0v) is 10.9. The lowest BCUT2D eigenvalue weighted by molar-refractivity contribution is 0.242. The van der Waals surface area contributed by atoms with E-state index in [0.717, 1.165) is 18.0 Å². The number of para-hydroxylation sites is 1. The predicted octanol–water partition coefficient (Wildman–Crippen LogP) is 4.09. The normalized spacial score (nSPS) is 10.4. The average Bonchev–Trinajstić information content (AvgIpc) is 2.38. The van der Waals surface area contributed by atoms with Gasteiger partial charge in [0.05, 0.1) is 6.10 Å². The highest BCUT2D eigenvalue weighted by Crippen LogP contribution is 2.15. The molecule has 0 saturated carbocycles. The van der Waals surface area contributed by atoms with Gasteiger partial charge in [-0.2, -0.15) is 0 Å². The maximum atomic E-state index is 5.61. The molecule has 0 bridgehead atoms. The van der Waals surface area contributed by atoms with Gasteiger partial charge in [0.25, 0.3) is 0 Å². The van der Waals surface area contributed by atoms with Crippen molar-refractivity contribution in [2.24, 2.45) is 0 Å². The van der Waals surface area contributed by atoms with Gasteiger partial charge in [0.2, 0.25) is 0 Å². The van der Waals surface area contributed by atoms with E-state index in [1.807, 2.05) is 44.2 Å². The summed E-state index contributed by atoms with van der Waals surface area (Å²) in [5, 5.41) is 3.38. The molecule has 0 aliphatic carbocycles. The maximum absolute atomic E-state index is 5.61. The number of rotatable bonds is 5. The molecule has 2 aromatic rings. The molecule has 0 fully saturated rings. The minimum absolute atomic E-state index is 0.221. The van der Waals surface area contributed by atoms with Crippen molar-refractivity contribution in [3.63, 3.8) is 0 Å². The first kappa shape index (κ1) is 12.5. The van der Waals surface area contributed by atoms with Crippen molar-refractivity contribution in [3.05, 3.63) is 60.2 Å². The second kappa shape index (κ2) is 6.10. The quantitative estimate of drug-likeness (QED) is 0.851. The summed E-state index contributed by atoms with van der Waals surface area (Å²) in [5.41, 5.74) is 2.38. The molecule has 18 heavy (non-hydrogen) atoms. The van der Waals surface area contributed by atoms with Crippen molar-refractivity contribution in [1.29, 1.82) is 0 Å². The van der Waals surface area contributed by atoms with Gasteiger partial charge >= 0.3 is 0 Å². The van der Waals surface area contributed by atoms with E-state index < -0.39 is 0 Å². The predicted molar refractivity (Wildman–Crippen MR) is 76.0 cm³/mol. The third kappa shape index (κ3) is 3.81. The minimum Gasteiger partial charge on any atom is -0.491 e. The van der Waals surface area contributed by atoms with Crippen LogP contribution in [0.4, 0.5) is 5.69 Å². The first-order chi connectivity index (χ1) is 8.74. The van der Waals surface area contributed by atoms with E-state index >= 15 is 0 Å². The van der Waals surface area contributed by atoms with Crippen LogP contribution >= 0.6 is 0 Å². The van der Waals surface area contributed by atoms with Crippen LogP contribution in [0.1, 0.15) is 19.4 Å². The van der Waals surface area contributed by atoms with Gasteiger partial charge in [0.1, 0.15) is 5.75 Å². The Morgan fingerprint density at radius 2 is 1.61 bits per heavy atom. The summed E-state index contributed by atoms with van der Waals surface area (Å²) in [6.07, 6.45) is 0.221. The first-order valence-electron chi connectivity index (χ1n) is 6.28. The summed E-state index contributed by atoms with van der Waals surface area (Å²) >= 11 is 0. The Hall–Kier alpha value is -1.96. The van der Waals surface area contributed by atoms with Gasteiger partial charge in [-0.25, -0.2) is 0 Å². The molecule has 0 heterocycles. The smallest absolute Gasteiger partial charge is 0.119 e. The van der Waals surface area contributed by atoms with Crippen molar-refractivity contribution in [1.82, 2.24) is 0 Å². The highest BCUT2D eigenvalue weighted by Gasteiger charge is 1.98. The molecule has 0 atom stereocenters. The Morgan fingerprint density at radius 3 is 2.22 bits per heavy atom. The van der Waals surface area contributed by atoms with E-state index in [0.29, 0.717) is 0 Å². The number of nitrogens with one attached hydrogen (secondary N) is 1. The Labute approximate surface area is 109 Å². The van der Waals surface area contributed by atoms with Crippen molar-refractivity contribution >= 4 is 5.69 Å². The molecule has 2 aromatic carbocycles. The number of anilines is 1. The SMILES string of the molecule is CC(C)Oc1ccc(CNc2ccccc2)cc1. The molecule has 0 amide bonds.